The standard InChI is InChI=1S/C17H33N3O.2ClH/c1-4-10-19(3)12-14-8-11-20(13-14)16(21)15-7-5-6-9-17(15,2)18;;/h14-15H,4-13,18H2,1-3H3;2*1H. The van der Waals surface area contributed by atoms with E-state index in [1.807, 2.05) is 0 Å². The first-order chi connectivity index (χ1) is 9.94. The maximum atomic E-state index is 12.8. The molecule has 2 aliphatic rings. The Morgan fingerprint density at radius 2 is 2.00 bits per heavy atom. The molecule has 0 bridgehead atoms. The molecule has 1 amide bonds. The van der Waals surface area contributed by atoms with Crippen molar-refractivity contribution < 1.29 is 4.79 Å². The zero-order valence-electron chi connectivity index (χ0n) is 14.9. The van der Waals surface area contributed by atoms with Gasteiger partial charge in [0.15, 0.2) is 0 Å². The molecule has 1 aliphatic heterocycles. The van der Waals surface area contributed by atoms with Gasteiger partial charge in [-0.1, -0.05) is 19.8 Å². The minimum absolute atomic E-state index is 0. The number of carbonyl (C=O) groups excluding carboxylic acids is 1. The number of halogens is 2. The van der Waals surface area contributed by atoms with Gasteiger partial charge in [0.1, 0.15) is 0 Å². The van der Waals surface area contributed by atoms with Crippen LogP contribution >= 0.6 is 24.8 Å². The molecule has 3 unspecified atom stereocenters. The van der Waals surface area contributed by atoms with Crippen LogP contribution in [0.1, 0.15) is 52.4 Å². The largest absolute Gasteiger partial charge is 0.342 e. The Bertz CT molecular complexity index is 366. The van der Waals surface area contributed by atoms with Gasteiger partial charge in [-0.05, 0) is 52.1 Å². The molecular formula is C17H35Cl2N3O. The van der Waals surface area contributed by atoms with Crippen molar-refractivity contribution >= 4 is 30.7 Å². The van der Waals surface area contributed by atoms with Crippen molar-refractivity contribution in [1.82, 2.24) is 9.80 Å². The lowest BCUT2D eigenvalue weighted by molar-refractivity contribution is -0.138. The lowest BCUT2D eigenvalue weighted by Gasteiger charge is -2.39. The lowest BCUT2D eigenvalue weighted by Crippen LogP contribution is -2.53. The van der Waals surface area contributed by atoms with Crippen molar-refractivity contribution in [2.75, 3.05) is 33.2 Å². The highest BCUT2D eigenvalue weighted by molar-refractivity contribution is 5.85. The van der Waals surface area contributed by atoms with E-state index in [1.54, 1.807) is 0 Å². The van der Waals surface area contributed by atoms with E-state index >= 15 is 0 Å². The molecule has 6 heteroatoms. The molecule has 1 saturated heterocycles. The summed E-state index contributed by atoms with van der Waals surface area (Å²) in [4.78, 5) is 17.3. The van der Waals surface area contributed by atoms with Gasteiger partial charge in [-0.15, -0.1) is 24.8 Å². The Hall–Kier alpha value is -0.0300. The number of carbonyl (C=O) groups is 1. The van der Waals surface area contributed by atoms with Crippen LogP contribution in [0.5, 0.6) is 0 Å². The fraction of sp³-hybridized carbons (Fsp3) is 0.941. The van der Waals surface area contributed by atoms with Gasteiger partial charge < -0.3 is 15.5 Å². The van der Waals surface area contributed by atoms with Gasteiger partial charge in [0.05, 0.1) is 5.92 Å². The van der Waals surface area contributed by atoms with Crippen LogP contribution < -0.4 is 5.73 Å². The Kier molecular flexibility index (Phi) is 10.1. The zero-order chi connectivity index (χ0) is 15.5. The van der Waals surface area contributed by atoms with Crippen molar-refractivity contribution in [3.05, 3.63) is 0 Å². The molecule has 2 fully saturated rings. The molecule has 2 rings (SSSR count). The molecule has 1 aliphatic carbocycles. The third kappa shape index (κ3) is 6.08. The van der Waals surface area contributed by atoms with Crippen LogP contribution in [0.4, 0.5) is 0 Å². The second-order valence-corrected chi connectivity index (χ2v) is 7.51. The van der Waals surface area contributed by atoms with Gasteiger partial charge in [0.2, 0.25) is 5.91 Å². The molecule has 0 aromatic rings. The Balaban J connectivity index is 0.00000242. The summed E-state index contributed by atoms with van der Waals surface area (Å²) in [5, 5.41) is 0. The van der Waals surface area contributed by atoms with Gasteiger partial charge in [-0.2, -0.15) is 0 Å². The summed E-state index contributed by atoms with van der Waals surface area (Å²) in [5.74, 6) is 0.997. The molecule has 4 nitrogen and oxygen atoms in total. The third-order valence-corrected chi connectivity index (χ3v) is 5.33. The summed E-state index contributed by atoms with van der Waals surface area (Å²) in [6.45, 7) is 8.40. The first-order valence-electron chi connectivity index (χ1n) is 8.70. The molecule has 23 heavy (non-hydrogen) atoms. The van der Waals surface area contributed by atoms with Gasteiger partial charge >= 0.3 is 0 Å². The average Bonchev–Trinajstić information content (AvgIpc) is 2.86. The minimum atomic E-state index is -0.299. The molecule has 0 aromatic heterocycles. The SMILES string of the molecule is CCCN(C)CC1CCN(C(=O)C2CCCCC2(C)N)C1.Cl.Cl. The van der Waals surface area contributed by atoms with Crippen LogP contribution in [0.25, 0.3) is 0 Å². The number of nitrogens with zero attached hydrogens (tertiary/aromatic N) is 2. The van der Waals surface area contributed by atoms with Crippen LogP contribution in [-0.2, 0) is 4.79 Å². The molecule has 138 valence electrons. The van der Waals surface area contributed by atoms with E-state index in [4.69, 9.17) is 5.73 Å². The van der Waals surface area contributed by atoms with Crippen LogP contribution in [-0.4, -0.2) is 54.5 Å². The molecule has 1 saturated carbocycles. The number of likely N-dealkylation sites (tertiary alicyclic amines) is 1. The summed E-state index contributed by atoms with van der Waals surface area (Å²) in [6, 6.07) is 0. The maximum Gasteiger partial charge on any atom is 0.227 e. The number of rotatable bonds is 5. The molecule has 2 N–H and O–H groups in total. The van der Waals surface area contributed by atoms with Crippen molar-refractivity contribution in [3.63, 3.8) is 0 Å². The summed E-state index contributed by atoms with van der Waals surface area (Å²) in [5.41, 5.74) is 6.09. The lowest BCUT2D eigenvalue weighted by atomic mass is 9.74. The smallest absolute Gasteiger partial charge is 0.227 e. The molecule has 1 heterocycles. The Morgan fingerprint density at radius 1 is 1.30 bits per heavy atom. The highest BCUT2D eigenvalue weighted by atomic mass is 35.5. The van der Waals surface area contributed by atoms with Gasteiger partial charge in [-0.3, -0.25) is 4.79 Å². The highest BCUT2D eigenvalue weighted by Gasteiger charge is 2.41. The fourth-order valence-electron chi connectivity index (χ4n) is 4.08. The Morgan fingerprint density at radius 3 is 2.61 bits per heavy atom. The summed E-state index contributed by atoms with van der Waals surface area (Å²) in [7, 11) is 2.19. The van der Waals surface area contributed by atoms with Crippen LogP contribution in [0.15, 0.2) is 0 Å². The van der Waals surface area contributed by atoms with Crippen LogP contribution in [0.3, 0.4) is 0 Å². The molecular weight excluding hydrogens is 333 g/mol. The predicted molar refractivity (Wildman–Crippen MR) is 102 cm³/mol. The van der Waals surface area contributed by atoms with Crippen LogP contribution in [0.2, 0.25) is 0 Å². The average molecular weight is 368 g/mol. The molecule has 0 radical (unpaired) electrons. The monoisotopic (exact) mass is 367 g/mol. The molecule has 0 aromatic carbocycles. The number of amides is 1. The van der Waals surface area contributed by atoms with Crippen LogP contribution in [0, 0.1) is 11.8 Å². The first kappa shape index (κ1) is 23.0. The van der Waals surface area contributed by atoms with Crippen molar-refractivity contribution in [3.8, 4) is 0 Å². The van der Waals surface area contributed by atoms with E-state index < -0.39 is 0 Å². The van der Waals surface area contributed by atoms with E-state index in [0.717, 1.165) is 51.9 Å². The second-order valence-electron chi connectivity index (χ2n) is 7.51. The van der Waals surface area contributed by atoms with Gasteiger partial charge in [0.25, 0.3) is 0 Å². The minimum Gasteiger partial charge on any atom is -0.342 e. The van der Waals surface area contributed by atoms with Crippen molar-refractivity contribution in [1.29, 1.82) is 0 Å². The number of hydrogen-bond acceptors (Lipinski definition) is 3. The molecule has 3 atom stereocenters. The zero-order valence-corrected chi connectivity index (χ0v) is 16.6. The second kappa shape index (κ2) is 10.1. The number of nitrogens with two attached hydrogens (primary N) is 1. The molecule has 0 spiro atoms. The Labute approximate surface area is 154 Å². The van der Waals surface area contributed by atoms with Gasteiger partial charge in [-0.25, -0.2) is 0 Å². The highest BCUT2D eigenvalue weighted by Crippen LogP contribution is 2.34. The maximum absolute atomic E-state index is 12.8. The predicted octanol–water partition coefficient (Wildman–Crippen LogP) is 2.93. The fourth-order valence-corrected chi connectivity index (χ4v) is 4.08. The topological polar surface area (TPSA) is 49.6 Å². The van der Waals surface area contributed by atoms with E-state index in [2.05, 4.69) is 30.7 Å². The normalized spacial score (nSPS) is 30.7. The summed E-state index contributed by atoms with van der Waals surface area (Å²) < 4.78 is 0. The first-order valence-corrected chi connectivity index (χ1v) is 8.70. The van der Waals surface area contributed by atoms with Crippen molar-refractivity contribution in [2.45, 2.75) is 57.9 Å². The summed E-state index contributed by atoms with van der Waals surface area (Å²) in [6.07, 6.45) is 6.62. The third-order valence-electron chi connectivity index (χ3n) is 5.33. The van der Waals surface area contributed by atoms with E-state index in [9.17, 15) is 4.79 Å². The van der Waals surface area contributed by atoms with E-state index in [0.29, 0.717) is 11.8 Å². The van der Waals surface area contributed by atoms with Crippen molar-refractivity contribution in [2.24, 2.45) is 17.6 Å². The van der Waals surface area contributed by atoms with E-state index in [-0.39, 0.29) is 36.3 Å². The number of hydrogen-bond donors (Lipinski definition) is 1. The van der Waals surface area contributed by atoms with Gasteiger partial charge in [0, 0.05) is 25.2 Å². The quantitative estimate of drug-likeness (QED) is 0.812. The summed E-state index contributed by atoms with van der Waals surface area (Å²) >= 11 is 0. The van der Waals surface area contributed by atoms with E-state index in [1.165, 1.54) is 12.8 Å².